The SMILES string of the molecule is C1CO1.CC(C)(C)OC(=O)N1CCC(Cn2nc(-c3ccc4cc(O)ccc4c3)c3c(N)ncnc32)CC1.CN1CCC(Cn2nc(-c3ccc4cc(OCCO)ccc4c3)c3c(N)ncnc32)CC1. The van der Waals surface area contributed by atoms with Gasteiger partial charge in [-0.1, -0.05) is 36.4 Å². The number of benzene rings is 4. The summed E-state index contributed by atoms with van der Waals surface area (Å²) in [4.78, 5) is 34.0. The number of nitrogens with two attached hydrogens (primary N) is 2. The number of ether oxygens (including phenoxy) is 3. The van der Waals surface area contributed by atoms with Gasteiger partial charge in [0.25, 0.3) is 0 Å². The van der Waals surface area contributed by atoms with Gasteiger partial charge in [0.15, 0.2) is 11.3 Å². The summed E-state index contributed by atoms with van der Waals surface area (Å²) in [5.74, 6) is 2.74. The highest BCUT2D eigenvalue weighted by Gasteiger charge is 2.29. The van der Waals surface area contributed by atoms with Crippen LogP contribution >= 0.6 is 0 Å². The van der Waals surface area contributed by atoms with E-state index < -0.39 is 5.60 Å². The first-order valence-electron chi connectivity index (χ1n) is 24.0. The van der Waals surface area contributed by atoms with Crippen LogP contribution in [0.2, 0.25) is 0 Å². The lowest BCUT2D eigenvalue weighted by Gasteiger charge is -2.33. The third-order valence-corrected chi connectivity index (χ3v) is 12.8. The van der Waals surface area contributed by atoms with E-state index in [1.807, 2.05) is 78.7 Å². The molecule has 3 aliphatic heterocycles. The number of nitrogen functional groups attached to an aromatic ring is 2. The molecule has 1 amide bonds. The maximum absolute atomic E-state index is 12.4. The Bertz CT molecular complexity index is 3110. The monoisotopic (exact) mass is 950 g/mol. The number of amides is 1. The summed E-state index contributed by atoms with van der Waals surface area (Å²) in [5, 5.41) is 34.2. The van der Waals surface area contributed by atoms with Gasteiger partial charge in [-0.15, -0.1) is 0 Å². The molecule has 0 spiro atoms. The number of phenolic OH excluding ortho intramolecular Hbond substituents is 1. The predicted octanol–water partition coefficient (Wildman–Crippen LogP) is 7.54. The lowest BCUT2D eigenvalue weighted by Crippen LogP contribution is -2.42. The molecule has 7 heterocycles. The Morgan fingerprint density at radius 1 is 0.700 bits per heavy atom. The first kappa shape index (κ1) is 47.9. The van der Waals surface area contributed by atoms with Crippen molar-refractivity contribution in [3.8, 4) is 34.0 Å². The molecule has 18 heteroatoms. The molecule has 366 valence electrons. The topological polar surface area (TPSA) is 234 Å². The van der Waals surface area contributed by atoms with Crippen LogP contribution in [0.15, 0.2) is 85.5 Å². The second-order valence-electron chi connectivity index (χ2n) is 19.3. The van der Waals surface area contributed by atoms with Crippen molar-refractivity contribution in [2.24, 2.45) is 11.8 Å². The summed E-state index contributed by atoms with van der Waals surface area (Å²) in [5.41, 5.74) is 17.0. The number of aliphatic hydroxyl groups is 1. The van der Waals surface area contributed by atoms with Crippen molar-refractivity contribution in [3.05, 3.63) is 85.5 Å². The van der Waals surface area contributed by atoms with Gasteiger partial charge in [0.2, 0.25) is 0 Å². The summed E-state index contributed by atoms with van der Waals surface area (Å²) in [6, 6.07) is 23.4. The lowest BCUT2D eigenvalue weighted by molar-refractivity contribution is 0.0177. The van der Waals surface area contributed by atoms with Crippen molar-refractivity contribution < 1.29 is 29.2 Å². The standard InChI is InChI=1S/C26H30N6O3.C24H28N6O2.C2H4O/c1-26(2,3)35-25(34)31-10-8-16(9-11-31)14-32-24-21(23(27)28-15-29-24)22(30-32)19-5-4-18-13-20(33)7-6-17(18)12-19;1-29-8-6-16(7-9-29)14-30-24-21(23(25)26-15-27-24)22(28-30)19-3-2-18-13-20(32-11-10-31)5-4-17(18)12-19;1-2-3-1/h4-7,12-13,15-16,33H,8-11,14H2,1-3H3,(H2,27,28,29);2-5,12-13,15-16,31H,6-11,14H2,1H3,(H2,25,26,27);1-2H2. The lowest BCUT2D eigenvalue weighted by atomic mass is 9.97. The van der Waals surface area contributed by atoms with E-state index in [0.29, 0.717) is 48.8 Å². The van der Waals surface area contributed by atoms with Gasteiger partial charge in [-0.2, -0.15) is 10.2 Å². The summed E-state index contributed by atoms with van der Waals surface area (Å²) in [6.07, 6.45) is 6.75. The number of rotatable bonds is 9. The zero-order valence-corrected chi connectivity index (χ0v) is 40.3. The minimum atomic E-state index is -0.499. The normalized spacial score (nSPS) is 15.7. The number of nitrogens with zero attached hydrogens (tertiary/aromatic N) is 10. The highest BCUT2D eigenvalue weighted by atomic mass is 16.6. The Morgan fingerprint density at radius 3 is 1.70 bits per heavy atom. The summed E-state index contributed by atoms with van der Waals surface area (Å²) in [6.45, 7) is 13.0. The van der Waals surface area contributed by atoms with E-state index in [2.05, 4.69) is 48.8 Å². The van der Waals surface area contributed by atoms with Crippen molar-refractivity contribution >= 4 is 61.3 Å². The number of phenols is 1. The molecular weight excluding hydrogens is 889 g/mol. The maximum Gasteiger partial charge on any atom is 0.410 e. The minimum absolute atomic E-state index is 0.00619. The Kier molecular flexibility index (Phi) is 14.3. The Morgan fingerprint density at radius 2 is 1.19 bits per heavy atom. The number of hydrogen-bond acceptors (Lipinski definition) is 15. The Hall–Kier alpha value is -7.15. The summed E-state index contributed by atoms with van der Waals surface area (Å²) < 4.78 is 19.5. The molecule has 0 bridgehead atoms. The van der Waals surface area contributed by atoms with E-state index in [4.69, 9.17) is 36.2 Å². The molecule has 0 radical (unpaired) electrons. The van der Waals surface area contributed by atoms with E-state index in [1.54, 1.807) is 17.0 Å². The van der Waals surface area contributed by atoms with Gasteiger partial charge in [-0.25, -0.2) is 34.1 Å². The first-order chi connectivity index (χ1) is 33.8. The molecule has 3 saturated heterocycles. The fraction of sp³-hybridized carbons (Fsp3) is 0.404. The highest BCUT2D eigenvalue weighted by Crippen LogP contribution is 2.36. The van der Waals surface area contributed by atoms with Crippen molar-refractivity contribution in [2.75, 3.05) is 71.1 Å². The van der Waals surface area contributed by atoms with Crippen molar-refractivity contribution in [1.29, 1.82) is 0 Å². The third-order valence-electron chi connectivity index (χ3n) is 12.8. The van der Waals surface area contributed by atoms with Gasteiger partial charge >= 0.3 is 6.09 Å². The van der Waals surface area contributed by atoms with Gasteiger partial charge in [0, 0.05) is 37.3 Å². The van der Waals surface area contributed by atoms with Crippen LogP contribution in [0.4, 0.5) is 16.4 Å². The zero-order chi connectivity index (χ0) is 48.9. The van der Waals surface area contributed by atoms with Crippen LogP contribution in [-0.4, -0.2) is 131 Å². The van der Waals surface area contributed by atoms with Crippen LogP contribution in [0.1, 0.15) is 46.5 Å². The number of fused-ring (bicyclic) bond motifs is 4. The third kappa shape index (κ3) is 11.3. The molecule has 0 aliphatic carbocycles. The molecule has 6 N–H and O–H groups in total. The average Bonchev–Trinajstić information content (AvgIpc) is 4.13. The molecule has 4 aromatic heterocycles. The fourth-order valence-electron chi connectivity index (χ4n) is 9.08. The average molecular weight is 951 g/mol. The second kappa shape index (κ2) is 20.8. The van der Waals surface area contributed by atoms with Gasteiger partial charge in [-0.05, 0) is 136 Å². The van der Waals surface area contributed by atoms with Crippen LogP contribution in [0, 0.1) is 11.8 Å². The van der Waals surface area contributed by atoms with E-state index in [9.17, 15) is 9.90 Å². The van der Waals surface area contributed by atoms with Crippen molar-refractivity contribution in [2.45, 2.75) is 65.1 Å². The molecule has 18 nitrogen and oxygen atoms in total. The smallest absolute Gasteiger partial charge is 0.410 e. The molecule has 0 atom stereocenters. The van der Waals surface area contributed by atoms with Crippen molar-refractivity contribution in [1.82, 2.24) is 49.3 Å². The number of aromatic hydroxyl groups is 1. The second-order valence-corrected chi connectivity index (χ2v) is 19.3. The van der Waals surface area contributed by atoms with Gasteiger partial charge in [0.1, 0.15) is 59.4 Å². The molecule has 11 rings (SSSR count). The number of aromatic nitrogens is 8. The Balaban J connectivity index is 0.000000164. The number of epoxide rings is 1. The number of piperidine rings is 2. The maximum atomic E-state index is 12.4. The van der Waals surface area contributed by atoms with Crippen LogP contribution in [0.3, 0.4) is 0 Å². The first-order valence-corrected chi connectivity index (χ1v) is 24.0. The van der Waals surface area contributed by atoms with E-state index in [-0.39, 0.29) is 25.1 Å². The number of hydrogen-bond donors (Lipinski definition) is 4. The number of aliphatic hydroxyl groups excluding tert-OH is 1. The fourth-order valence-corrected chi connectivity index (χ4v) is 9.08. The number of likely N-dealkylation sites (tertiary alicyclic amines) is 2. The zero-order valence-electron chi connectivity index (χ0n) is 40.3. The van der Waals surface area contributed by atoms with E-state index >= 15 is 0 Å². The molecular formula is C52H62N12O6. The molecule has 3 fully saturated rings. The van der Waals surface area contributed by atoms with Crippen LogP contribution < -0.4 is 16.2 Å². The number of carbonyl (C=O) groups excluding carboxylic acids is 1. The predicted molar refractivity (Wildman–Crippen MR) is 271 cm³/mol. The van der Waals surface area contributed by atoms with Gasteiger partial charge < -0.3 is 45.7 Å². The molecule has 3 aliphatic rings. The quantitative estimate of drug-likeness (QED) is 0.102. The van der Waals surface area contributed by atoms with E-state index in [0.717, 1.165) is 125 Å². The van der Waals surface area contributed by atoms with Gasteiger partial charge in [0.05, 0.1) is 30.6 Å². The number of anilines is 2. The largest absolute Gasteiger partial charge is 0.508 e. The molecule has 0 saturated carbocycles. The highest BCUT2D eigenvalue weighted by molar-refractivity contribution is 6.01. The molecule has 0 unspecified atom stereocenters. The van der Waals surface area contributed by atoms with E-state index in [1.165, 1.54) is 12.7 Å². The van der Waals surface area contributed by atoms with Gasteiger partial charge in [-0.3, -0.25) is 0 Å². The van der Waals surface area contributed by atoms with Crippen LogP contribution in [0.25, 0.3) is 66.1 Å². The Labute approximate surface area is 406 Å². The van der Waals surface area contributed by atoms with Crippen LogP contribution in [0.5, 0.6) is 11.5 Å². The van der Waals surface area contributed by atoms with Crippen molar-refractivity contribution in [3.63, 3.8) is 0 Å². The summed E-state index contributed by atoms with van der Waals surface area (Å²) >= 11 is 0. The number of carbonyl (C=O) groups is 1. The van der Waals surface area contributed by atoms with Crippen LogP contribution in [-0.2, 0) is 22.6 Å². The molecule has 4 aromatic carbocycles. The summed E-state index contributed by atoms with van der Waals surface area (Å²) in [7, 11) is 2.17. The molecule has 70 heavy (non-hydrogen) atoms. The minimum Gasteiger partial charge on any atom is -0.508 e. The molecule has 8 aromatic rings.